The van der Waals surface area contributed by atoms with Crippen LogP contribution in [0.4, 0.5) is 0 Å². The van der Waals surface area contributed by atoms with Crippen LogP contribution in [0, 0.1) is 0 Å². The molecule has 2 nitrogen and oxygen atoms in total. The van der Waals surface area contributed by atoms with Gasteiger partial charge in [0.15, 0.2) is 0 Å². The highest BCUT2D eigenvalue weighted by Crippen LogP contribution is 2.53. The van der Waals surface area contributed by atoms with E-state index >= 15 is 0 Å². The molecular formula is C84H48N2. The molecule has 20 aromatic rings. The Balaban J connectivity index is 0.983. The summed E-state index contributed by atoms with van der Waals surface area (Å²) in [6, 6.07) is 110. The molecule has 0 fully saturated rings. The predicted molar refractivity (Wildman–Crippen MR) is 368 cm³/mol. The fourth-order valence-electron chi connectivity index (χ4n) is 16.1. The number of nitrogens with zero attached hydrogens (tertiary/aromatic N) is 2. The Bertz CT molecular complexity index is 5940. The fourth-order valence-corrected chi connectivity index (χ4v) is 16.1. The zero-order chi connectivity index (χ0) is 55.9. The number of hydrogen-bond acceptors (Lipinski definition) is 0. The molecule has 0 saturated carbocycles. The van der Waals surface area contributed by atoms with Crippen molar-refractivity contribution in [3.8, 4) is 55.6 Å². The van der Waals surface area contributed by atoms with Gasteiger partial charge in [0.25, 0.3) is 0 Å². The highest BCUT2D eigenvalue weighted by molar-refractivity contribution is 6.33. The molecule has 0 N–H and O–H groups in total. The molecule has 0 unspecified atom stereocenters. The normalized spacial score (nSPS) is 12.4. The lowest BCUT2D eigenvalue weighted by Gasteiger charge is -2.22. The largest absolute Gasteiger partial charge is 0.308 e. The van der Waals surface area contributed by atoms with Crippen LogP contribution in [0.5, 0.6) is 0 Å². The molecule has 16 aromatic carbocycles. The topological polar surface area (TPSA) is 8.82 Å². The molecule has 4 aromatic heterocycles. The summed E-state index contributed by atoms with van der Waals surface area (Å²) in [5, 5.41) is 24.9. The number of fused-ring (bicyclic) bond motifs is 18. The van der Waals surface area contributed by atoms with E-state index < -0.39 is 0 Å². The summed E-state index contributed by atoms with van der Waals surface area (Å²) < 4.78 is 5.03. The van der Waals surface area contributed by atoms with Crippen LogP contribution < -0.4 is 0 Å². The van der Waals surface area contributed by atoms with Crippen molar-refractivity contribution >= 4 is 141 Å². The molecule has 4 heterocycles. The standard InChI is InChI=1S/C84H48N2/c1-3-23-51-49(19-1)21-13-29-53(51)55-31-15-35-61-71(55)47-72-56(54-30-14-22-50-20-2-4-24-52(50)54)32-16-36-62(72)79(61)80-63-37-17-33-57(65-43-45-67-59-25-5-9-39-75(59)85-77-41-11-7-27-69(77)81(65)83(67)85)73(63)48-74-58(34-18-38-64(74)80)66-44-46-68-60-26-6-10-40-76(60)86-78-42-12-8-28-70(78)82(66)84(68)86/h1-48H. The maximum atomic E-state index is 2.57. The molecule has 394 valence electrons. The Morgan fingerprint density at radius 1 is 0.163 bits per heavy atom. The quantitative estimate of drug-likeness (QED) is 0.152. The van der Waals surface area contributed by atoms with E-state index in [4.69, 9.17) is 0 Å². The van der Waals surface area contributed by atoms with Crippen LogP contribution in [-0.2, 0) is 0 Å². The summed E-state index contributed by atoms with van der Waals surface area (Å²) in [6.07, 6.45) is 0. The first kappa shape index (κ1) is 46.2. The highest BCUT2D eigenvalue weighted by atomic mass is 14.9. The Morgan fingerprint density at radius 2 is 0.430 bits per heavy atom. The molecule has 0 amide bonds. The Hall–Kier alpha value is -11.3. The van der Waals surface area contributed by atoms with Gasteiger partial charge in [-0.05, 0) is 157 Å². The van der Waals surface area contributed by atoms with Crippen molar-refractivity contribution in [2.75, 3.05) is 0 Å². The van der Waals surface area contributed by atoms with Crippen molar-refractivity contribution in [2.24, 2.45) is 0 Å². The van der Waals surface area contributed by atoms with Crippen molar-refractivity contribution in [3.05, 3.63) is 291 Å². The van der Waals surface area contributed by atoms with Gasteiger partial charge < -0.3 is 8.80 Å². The lowest BCUT2D eigenvalue weighted by Crippen LogP contribution is -1.95. The first-order chi connectivity index (χ1) is 42.7. The predicted octanol–water partition coefficient (Wildman–Crippen LogP) is 23.2. The molecule has 0 aliphatic heterocycles. The molecule has 0 spiro atoms. The van der Waals surface area contributed by atoms with Gasteiger partial charge in [-0.2, -0.15) is 0 Å². The number of rotatable bonds is 5. The Kier molecular flexibility index (Phi) is 9.21. The van der Waals surface area contributed by atoms with E-state index in [-0.39, 0.29) is 0 Å². The monoisotopic (exact) mass is 1080 g/mol. The average molecular weight is 1090 g/mol. The van der Waals surface area contributed by atoms with Gasteiger partial charge in [-0.25, -0.2) is 0 Å². The van der Waals surface area contributed by atoms with Crippen LogP contribution in [0.2, 0.25) is 0 Å². The van der Waals surface area contributed by atoms with Gasteiger partial charge in [0.1, 0.15) is 0 Å². The molecule has 0 bridgehead atoms. The first-order valence-electron chi connectivity index (χ1n) is 30.0. The smallest absolute Gasteiger partial charge is 0.0626 e. The zero-order valence-electron chi connectivity index (χ0n) is 46.6. The van der Waals surface area contributed by atoms with Gasteiger partial charge in [0.05, 0.1) is 33.1 Å². The molecule has 0 aliphatic rings. The number of benzene rings is 16. The lowest BCUT2D eigenvalue weighted by molar-refractivity contribution is 1.37. The summed E-state index contributed by atoms with van der Waals surface area (Å²) in [5.74, 6) is 0. The third kappa shape index (κ3) is 6.04. The van der Waals surface area contributed by atoms with E-state index in [1.54, 1.807) is 0 Å². The molecule has 20 rings (SSSR count). The van der Waals surface area contributed by atoms with E-state index in [1.165, 1.54) is 196 Å². The molecule has 0 atom stereocenters. The van der Waals surface area contributed by atoms with Crippen LogP contribution in [0.1, 0.15) is 0 Å². The number of aromatic nitrogens is 2. The third-order valence-corrected chi connectivity index (χ3v) is 19.6. The van der Waals surface area contributed by atoms with Gasteiger partial charge in [-0.15, -0.1) is 0 Å². The number of hydrogen-bond donors (Lipinski definition) is 0. The molecule has 0 saturated heterocycles. The molecular weight excluding hydrogens is 1040 g/mol. The van der Waals surface area contributed by atoms with Gasteiger partial charge in [0, 0.05) is 43.1 Å². The van der Waals surface area contributed by atoms with Gasteiger partial charge in [0.2, 0.25) is 0 Å². The van der Waals surface area contributed by atoms with Gasteiger partial charge >= 0.3 is 0 Å². The second-order valence-electron chi connectivity index (χ2n) is 23.7. The SMILES string of the molecule is c1ccc2c(-c3cccc4c(-c5c6cccc(-c7ccc8c9ccccc9n9c%10ccccc%10c7c89)c6cc6c(-c7ccc8c9ccccc9n9c%10ccccc%10c7c89)cccc56)c5cccc(-c6cccc7ccccc67)c5cc34)cccc2c1. The number of para-hydroxylation sites is 4. The van der Waals surface area contributed by atoms with Crippen molar-refractivity contribution in [2.45, 2.75) is 0 Å². The Labute approximate surface area is 493 Å². The van der Waals surface area contributed by atoms with E-state index in [0.717, 1.165) is 0 Å². The second-order valence-corrected chi connectivity index (χ2v) is 23.7. The first-order valence-corrected chi connectivity index (χ1v) is 30.0. The molecule has 0 radical (unpaired) electrons. The Morgan fingerprint density at radius 3 is 0.814 bits per heavy atom. The maximum Gasteiger partial charge on any atom is 0.0626 e. The van der Waals surface area contributed by atoms with Crippen molar-refractivity contribution in [3.63, 3.8) is 0 Å². The summed E-state index contributed by atoms with van der Waals surface area (Å²) in [7, 11) is 0. The van der Waals surface area contributed by atoms with Gasteiger partial charge in [-0.1, -0.05) is 255 Å². The summed E-state index contributed by atoms with van der Waals surface area (Å²) in [5.41, 5.74) is 19.8. The van der Waals surface area contributed by atoms with E-state index in [1.807, 2.05) is 0 Å². The van der Waals surface area contributed by atoms with E-state index in [9.17, 15) is 0 Å². The average Bonchev–Trinajstić information content (AvgIpc) is 2.72. The van der Waals surface area contributed by atoms with E-state index in [2.05, 4.69) is 300 Å². The zero-order valence-corrected chi connectivity index (χ0v) is 46.6. The lowest BCUT2D eigenvalue weighted by atomic mass is 9.80. The van der Waals surface area contributed by atoms with Crippen LogP contribution in [-0.4, -0.2) is 8.80 Å². The summed E-state index contributed by atoms with van der Waals surface area (Å²) in [6.45, 7) is 0. The maximum absolute atomic E-state index is 2.57. The second kappa shape index (κ2) is 17.1. The van der Waals surface area contributed by atoms with Crippen LogP contribution in [0.25, 0.3) is 196 Å². The van der Waals surface area contributed by atoms with E-state index in [0.29, 0.717) is 0 Å². The van der Waals surface area contributed by atoms with Gasteiger partial charge in [-0.3, -0.25) is 0 Å². The minimum Gasteiger partial charge on any atom is -0.308 e. The molecule has 86 heavy (non-hydrogen) atoms. The van der Waals surface area contributed by atoms with Crippen LogP contribution >= 0.6 is 0 Å². The summed E-state index contributed by atoms with van der Waals surface area (Å²) in [4.78, 5) is 0. The highest BCUT2D eigenvalue weighted by Gasteiger charge is 2.27. The minimum atomic E-state index is 1.22. The molecule has 0 aliphatic carbocycles. The summed E-state index contributed by atoms with van der Waals surface area (Å²) >= 11 is 0. The van der Waals surface area contributed by atoms with Crippen LogP contribution in [0.15, 0.2) is 291 Å². The minimum absolute atomic E-state index is 1.22. The van der Waals surface area contributed by atoms with Crippen molar-refractivity contribution < 1.29 is 0 Å². The third-order valence-electron chi connectivity index (χ3n) is 19.6. The van der Waals surface area contributed by atoms with Crippen LogP contribution in [0.3, 0.4) is 0 Å². The fraction of sp³-hybridized carbons (Fsp3) is 0. The van der Waals surface area contributed by atoms with Crippen molar-refractivity contribution in [1.82, 2.24) is 8.80 Å². The van der Waals surface area contributed by atoms with Crippen molar-refractivity contribution in [1.29, 1.82) is 0 Å². The molecule has 2 heteroatoms.